The van der Waals surface area contributed by atoms with Gasteiger partial charge in [0.25, 0.3) is 5.91 Å². The lowest BCUT2D eigenvalue weighted by molar-refractivity contribution is -0.112. The Balaban J connectivity index is 1.22. The van der Waals surface area contributed by atoms with Gasteiger partial charge in [0.1, 0.15) is 17.4 Å². The quantitative estimate of drug-likeness (QED) is 0.259. The second-order valence-electron chi connectivity index (χ2n) is 12.0. The average Bonchev–Trinajstić information content (AvgIpc) is 3.20. The number of amides is 1. The predicted octanol–water partition coefficient (Wildman–Crippen LogP) is 7.51. The van der Waals surface area contributed by atoms with Crippen LogP contribution in [0.25, 0.3) is 11.8 Å². The topological polar surface area (TPSA) is 67.0 Å². The number of hydrogen-bond donors (Lipinski definition) is 1. The monoisotopic (exact) mass is 519 g/mol. The number of rotatable bonds is 7. The fourth-order valence-corrected chi connectivity index (χ4v) is 8.06. The third-order valence-corrected chi connectivity index (χ3v) is 9.33. The molecule has 1 N–H and O–H groups in total. The van der Waals surface area contributed by atoms with Crippen molar-refractivity contribution in [3.8, 4) is 17.5 Å². The molecule has 200 valence electrons. The van der Waals surface area contributed by atoms with Crippen LogP contribution in [0.2, 0.25) is 0 Å². The van der Waals surface area contributed by atoms with Crippen LogP contribution in [-0.4, -0.2) is 17.1 Å². The molecule has 0 atom stereocenters. The lowest BCUT2D eigenvalue weighted by Crippen LogP contribution is -2.48. The summed E-state index contributed by atoms with van der Waals surface area (Å²) < 4.78 is 7.68. The molecule has 5 heteroatoms. The number of nitrogens with zero attached hydrogens (tertiary/aromatic N) is 2. The molecule has 1 amide bonds. The molecule has 4 saturated carbocycles. The zero-order valence-electron chi connectivity index (χ0n) is 23.2. The molecule has 5 nitrogen and oxygen atoms in total. The van der Waals surface area contributed by atoms with E-state index in [1.165, 1.54) is 44.1 Å². The van der Waals surface area contributed by atoms with E-state index < -0.39 is 5.91 Å². The molecule has 0 aliphatic heterocycles. The van der Waals surface area contributed by atoms with Gasteiger partial charge >= 0.3 is 0 Å². The molecule has 39 heavy (non-hydrogen) atoms. The van der Waals surface area contributed by atoms with E-state index in [2.05, 4.69) is 47.1 Å². The highest BCUT2D eigenvalue weighted by Crippen LogP contribution is 2.60. The van der Waals surface area contributed by atoms with E-state index in [9.17, 15) is 10.1 Å². The van der Waals surface area contributed by atoms with Crippen LogP contribution in [0.5, 0.6) is 5.75 Å². The highest BCUT2D eigenvalue weighted by Gasteiger charge is 2.51. The van der Waals surface area contributed by atoms with Gasteiger partial charge in [-0.25, -0.2) is 0 Å². The van der Waals surface area contributed by atoms with Crippen molar-refractivity contribution >= 4 is 17.7 Å². The molecular weight excluding hydrogens is 482 g/mol. The molecule has 1 heterocycles. The van der Waals surface area contributed by atoms with Crippen LogP contribution in [0, 0.1) is 42.9 Å². The van der Waals surface area contributed by atoms with E-state index in [1.54, 1.807) is 30.3 Å². The number of aromatic nitrogens is 1. The Kier molecular flexibility index (Phi) is 6.59. The Morgan fingerprint density at radius 3 is 2.21 bits per heavy atom. The maximum absolute atomic E-state index is 12.9. The van der Waals surface area contributed by atoms with Gasteiger partial charge in [0.2, 0.25) is 0 Å². The minimum atomic E-state index is -0.425. The van der Waals surface area contributed by atoms with Gasteiger partial charge in [-0.3, -0.25) is 4.79 Å². The summed E-state index contributed by atoms with van der Waals surface area (Å²) in [6.07, 6.45) is 10.2. The highest BCUT2D eigenvalue weighted by molar-refractivity contribution is 6.09. The van der Waals surface area contributed by atoms with Crippen molar-refractivity contribution in [2.75, 3.05) is 11.9 Å². The first-order valence-electron chi connectivity index (χ1n) is 14.3. The lowest BCUT2D eigenvalue weighted by Gasteiger charge is -2.57. The summed E-state index contributed by atoms with van der Waals surface area (Å²) in [5.74, 6) is 3.11. The Bertz CT molecular complexity index is 1420. The summed E-state index contributed by atoms with van der Waals surface area (Å²) in [6.45, 7) is 6.63. The minimum Gasteiger partial charge on any atom is -0.494 e. The Labute approximate surface area is 231 Å². The first kappa shape index (κ1) is 25.5. The molecule has 3 aromatic rings. The van der Waals surface area contributed by atoms with Gasteiger partial charge in [-0.05, 0) is 142 Å². The summed E-state index contributed by atoms with van der Waals surface area (Å²) in [5, 5.41) is 12.6. The number of anilines is 1. The number of ether oxygens (including phenoxy) is 1. The van der Waals surface area contributed by atoms with Crippen molar-refractivity contribution in [1.82, 2.24) is 4.57 Å². The maximum atomic E-state index is 12.9. The van der Waals surface area contributed by atoms with E-state index in [0.29, 0.717) is 17.7 Å². The molecule has 0 unspecified atom stereocenters. The first-order valence-corrected chi connectivity index (χ1v) is 14.3. The molecule has 0 radical (unpaired) electrons. The summed E-state index contributed by atoms with van der Waals surface area (Å²) in [4.78, 5) is 12.9. The molecule has 4 aliphatic rings. The van der Waals surface area contributed by atoms with Crippen LogP contribution < -0.4 is 10.1 Å². The Morgan fingerprint density at radius 2 is 1.64 bits per heavy atom. The fourth-order valence-electron chi connectivity index (χ4n) is 8.06. The van der Waals surface area contributed by atoms with Crippen molar-refractivity contribution in [3.63, 3.8) is 0 Å². The Hall–Kier alpha value is -3.78. The van der Waals surface area contributed by atoms with Crippen molar-refractivity contribution in [3.05, 3.63) is 82.7 Å². The minimum absolute atomic E-state index is 0.0706. The molecule has 0 spiro atoms. The standard InChI is InChI=1S/C34H37N3O2/c1-4-39-32-11-7-30(8-12-32)36-33(38)28(21-35)17-27-13-22(2)37(23(27)3)31-9-5-29(6-10-31)34-18-24-14-25(19-34)16-26(15-24)20-34/h5-13,17,24-26H,4,14-16,18-20H2,1-3H3,(H,36,38)/b28-17+. The van der Waals surface area contributed by atoms with E-state index in [0.717, 1.165) is 46.1 Å². The zero-order chi connectivity index (χ0) is 27.1. The number of nitriles is 1. The lowest BCUT2D eigenvalue weighted by atomic mass is 9.48. The molecule has 4 aliphatic carbocycles. The normalized spacial score (nSPS) is 25.4. The number of nitrogens with one attached hydrogen (secondary N) is 1. The van der Waals surface area contributed by atoms with E-state index in [1.807, 2.05) is 19.9 Å². The molecular formula is C34H37N3O2. The molecule has 4 bridgehead atoms. The van der Waals surface area contributed by atoms with Gasteiger partial charge < -0.3 is 14.6 Å². The summed E-state index contributed by atoms with van der Waals surface area (Å²) in [6, 6.07) is 20.5. The molecule has 2 aromatic carbocycles. The number of carbonyl (C=O) groups is 1. The van der Waals surface area contributed by atoms with Crippen LogP contribution in [0.15, 0.2) is 60.2 Å². The van der Waals surface area contributed by atoms with Gasteiger partial charge in [-0.2, -0.15) is 5.26 Å². The van der Waals surface area contributed by atoms with Crippen LogP contribution in [0.3, 0.4) is 0 Å². The van der Waals surface area contributed by atoms with E-state index >= 15 is 0 Å². The zero-order valence-corrected chi connectivity index (χ0v) is 23.2. The van der Waals surface area contributed by atoms with E-state index in [4.69, 9.17) is 4.74 Å². The smallest absolute Gasteiger partial charge is 0.266 e. The van der Waals surface area contributed by atoms with Crippen LogP contribution in [0.1, 0.15) is 68.0 Å². The van der Waals surface area contributed by atoms with Gasteiger partial charge in [0, 0.05) is 22.8 Å². The fraction of sp³-hybridized carbons (Fsp3) is 0.412. The third-order valence-electron chi connectivity index (χ3n) is 9.33. The van der Waals surface area contributed by atoms with Crippen molar-refractivity contribution in [1.29, 1.82) is 5.26 Å². The third kappa shape index (κ3) is 4.78. The summed E-state index contributed by atoms with van der Waals surface area (Å²) in [5.41, 5.74) is 6.68. The molecule has 1 aromatic heterocycles. The second-order valence-corrected chi connectivity index (χ2v) is 12.0. The Morgan fingerprint density at radius 1 is 1.03 bits per heavy atom. The molecule has 4 fully saturated rings. The first-order chi connectivity index (χ1) is 18.9. The van der Waals surface area contributed by atoms with Crippen molar-refractivity contribution in [2.45, 2.75) is 64.7 Å². The second kappa shape index (κ2) is 10.1. The van der Waals surface area contributed by atoms with Gasteiger partial charge in [0.15, 0.2) is 0 Å². The van der Waals surface area contributed by atoms with E-state index in [-0.39, 0.29) is 5.57 Å². The molecule has 7 rings (SSSR count). The van der Waals surface area contributed by atoms with Crippen LogP contribution >= 0.6 is 0 Å². The summed E-state index contributed by atoms with van der Waals surface area (Å²) in [7, 11) is 0. The van der Waals surface area contributed by atoms with Gasteiger partial charge in [-0.1, -0.05) is 12.1 Å². The SMILES string of the molecule is CCOc1ccc(NC(=O)/C(C#N)=C/c2cc(C)n(-c3ccc(C45CC6CC(CC(C6)C4)C5)cc3)c2C)cc1. The maximum Gasteiger partial charge on any atom is 0.266 e. The number of carbonyl (C=O) groups excluding carboxylic acids is 1. The predicted molar refractivity (Wildman–Crippen MR) is 155 cm³/mol. The highest BCUT2D eigenvalue weighted by atomic mass is 16.5. The average molecular weight is 520 g/mol. The summed E-state index contributed by atoms with van der Waals surface area (Å²) >= 11 is 0. The largest absolute Gasteiger partial charge is 0.494 e. The van der Waals surface area contributed by atoms with Crippen LogP contribution in [0.4, 0.5) is 5.69 Å². The van der Waals surface area contributed by atoms with Crippen LogP contribution in [-0.2, 0) is 10.2 Å². The van der Waals surface area contributed by atoms with Gasteiger partial charge in [0.05, 0.1) is 6.61 Å². The number of aryl methyl sites for hydroxylation is 1. The number of benzene rings is 2. The molecule has 0 saturated heterocycles. The van der Waals surface area contributed by atoms with Crippen molar-refractivity contribution < 1.29 is 9.53 Å². The number of hydrogen-bond acceptors (Lipinski definition) is 3. The van der Waals surface area contributed by atoms with Crippen molar-refractivity contribution in [2.24, 2.45) is 17.8 Å². The van der Waals surface area contributed by atoms with Gasteiger partial charge in [-0.15, -0.1) is 0 Å².